The van der Waals surface area contributed by atoms with Crippen molar-refractivity contribution < 1.29 is 18.7 Å². The van der Waals surface area contributed by atoms with Gasteiger partial charge in [-0.25, -0.2) is 19.3 Å². The maximum atomic E-state index is 14.4. The van der Waals surface area contributed by atoms with Crippen molar-refractivity contribution in [2.24, 2.45) is 0 Å². The normalized spacial score (nSPS) is 12.2. The van der Waals surface area contributed by atoms with Crippen LogP contribution in [0.25, 0.3) is 11.1 Å². The van der Waals surface area contributed by atoms with Crippen molar-refractivity contribution in [2.45, 2.75) is 26.9 Å². The summed E-state index contributed by atoms with van der Waals surface area (Å²) in [5, 5.41) is 12.4. The number of aromatic nitrogens is 4. The first-order valence-electron chi connectivity index (χ1n) is 11.5. The highest BCUT2D eigenvalue weighted by Crippen LogP contribution is 2.35. The van der Waals surface area contributed by atoms with E-state index < -0.39 is 17.6 Å². The fraction of sp³-hybridized carbons (Fsp3) is 0.192. The van der Waals surface area contributed by atoms with E-state index in [1.165, 1.54) is 35.7 Å². The Labute approximate surface area is 231 Å². The first-order chi connectivity index (χ1) is 18.7. The van der Waals surface area contributed by atoms with Gasteiger partial charge in [0.25, 0.3) is 11.8 Å². The lowest BCUT2D eigenvalue weighted by Crippen LogP contribution is -2.28. The molecule has 10 nitrogen and oxygen atoms in total. The Hall–Kier alpha value is -4.47. The lowest BCUT2D eigenvalue weighted by atomic mass is 10.0. The molecule has 0 aromatic carbocycles. The molecule has 0 unspecified atom stereocenters. The number of thiazole rings is 1. The molecule has 0 saturated carbocycles. The van der Waals surface area contributed by atoms with Crippen LogP contribution in [-0.4, -0.2) is 43.8 Å². The van der Waals surface area contributed by atoms with Crippen molar-refractivity contribution in [3.8, 4) is 22.9 Å². The average Bonchev–Trinajstić information content (AvgIpc) is 3.48. The average molecular weight is 564 g/mol. The van der Waals surface area contributed by atoms with E-state index in [0.717, 1.165) is 10.9 Å². The molecule has 0 bridgehead atoms. The van der Waals surface area contributed by atoms with Crippen LogP contribution >= 0.6 is 22.9 Å². The molecular formula is C26H19ClFN7O3S. The van der Waals surface area contributed by atoms with Crippen molar-refractivity contribution in [3.05, 3.63) is 80.3 Å². The summed E-state index contributed by atoms with van der Waals surface area (Å²) in [6.45, 7) is 3.66. The summed E-state index contributed by atoms with van der Waals surface area (Å²) in [5.74, 6) is -1.45. The molecule has 4 aromatic rings. The zero-order valence-electron chi connectivity index (χ0n) is 20.9. The van der Waals surface area contributed by atoms with Gasteiger partial charge >= 0.3 is 0 Å². The predicted octanol–water partition coefficient (Wildman–Crippen LogP) is 4.69. The summed E-state index contributed by atoms with van der Waals surface area (Å²) in [4.78, 5) is 45.2. The molecule has 1 aliphatic rings. The second kappa shape index (κ2) is 10.4. The summed E-state index contributed by atoms with van der Waals surface area (Å²) < 4.78 is 19.9. The van der Waals surface area contributed by atoms with E-state index in [2.05, 4.69) is 25.3 Å². The number of anilines is 1. The fourth-order valence-corrected chi connectivity index (χ4v) is 5.29. The van der Waals surface area contributed by atoms with E-state index in [0.29, 0.717) is 33.4 Å². The third-order valence-electron chi connectivity index (χ3n) is 6.08. The van der Waals surface area contributed by atoms with Gasteiger partial charge in [0.05, 0.1) is 53.8 Å². The first-order valence-corrected chi connectivity index (χ1v) is 12.7. The second-order valence-electron chi connectivity index (χ2n) is 8.65. The molecule has 0 atom stereocenters. The minimum Gasteiger partial charge on any atom is -0.494 e. The molecule has 39 heavy (non-hydrogen) atoms. The van der Waals surface area contributed by atoms with Gasteiger partial charge in [-0.05, 0) is 32.0 Å². The van der Waals surface area contributed by atoms with Crippen LogP contribution in [0, 0.1) is 31.0 Å². The van der Waals surface area contributed by atoms with Gasteiger partial charge in [-0.3, -0.25) is 19.9 Å². The molecular weight excluding hydrogens is 545 g/mol. The molecule has 0 saturated heterocycles. The number of nitrogens with one attached hydrogen (secondary N) is 1. The molecule has 5 rings (SSSR count). The van der Waals surface area contributed by atoms with Crippen LogP contribution < -0.4 is 10.1 Å². The van der Waals surface area contributed by atoms with Gasteiger partial charge in [0.15, 0.2) is 16.6 Å². The van der Waals surface area contributed by atoms with Crippen LogP contribution in [-0.2, 0) is 13.1 Å². The Morgan fingerprint density at radius 1 is 1.15 bits per heavy atom. The standard InChI is InChI=1S/C26H19ClFN7O3S/c1-12-4-15(16-6-22(27)31-9-20(16)38-3)17(8-30-12)24(36)34-26-33-19-10-35(11-21(19)39-26)25(37)23-18(28)5-14(7-29)13(2)32-23/h4-6,8-9H,10-11H2,1-3H3,(H,33,34,36). The maximum Gasteiger partial charge on any atom is 0.276 e. The highest BCUT2D eigenvalue weighted by atomic mass is 35.5. The molecule has 1 N–H and O–H groups in total. The van der Waals surface area contributed by atoms with E-state index in [1.807, 2.05) is 6.07 Å². The van der Waals surface area contributed by atoms with Crippen molar-refractivity contribution in [2.75, 3.05) is 12.4 Å². The van der Waals surface area contributed by atoms with Crippen molar-refractivity contribution in [1.29, 1.82) is 5.26 Å². The number of methoxy groups -OCH3 is 1. The number of carbonyl (C=O) groups is 2. The number of fused-ring (bicyclic) bond motifs is 1. The first kappa shape index (κ1) is 26.1. The second-order valence-corrected chi connectivity index (χ2v) is 10.1. The van der Waals surface area contributed by atoms with E-state index >= 15 is 0 Å². The Bertz CT molecular complexity index is 1680. The largest absolute Gasteiger partial charge is 0.494 e. The third-order valence-corrected chi connectivity index (χ3v) is 7.28. The summed E-state index contributed by atoms with van der Waals surface area (Å²) in [5.41, 5.74) is 2.72. The molecule has 0 radical (unpaired) electrons. The molecule has 4 aromatic heterocycles. The number of hydrogen-bond acceptors (Lipinski definition) is 9. The Kier molecular flexibility index (Phi) is 6.94. The number of nitrogens with zero attached hydrogens (tertiary/aromatic N) is 6. The molecule has 196 valence electrons. The summed E-state index contributed by atoms with van der Waals surface area (Å²) >= 11 is 7.33. The number of nitriles is 1. The number of aryl methyl sites for hydroxylation is 2. The smallest absolute Gasteiger partial charge is 0.276 e. The number of rotatable bonds is 5. The van der Waals surface area contributed by atoms with Gasteiger partial charge in [-0.1, -0.05) is 22.9 Å². The minimum atomic E-state index is -0.854. The molecule has 1 aliphatic heterocycles. The number of hydrogen-bond donors (Lipinski definition) is 1. The van der Waals surface area contributed by atoms with E-state index in [-0.39, 0.29) is 40.8 Å². The molecule has 5 heterocycles. The van der Waals surface area contributed by atoms with Gasteiger partial charge in [0.1, 0.15) is 17.0 Å². The number of ether oxygens (including phenoxy) is 1. The monoisotopic (exact) mass is 563 g/mol. The summed E-state index contributed by atoms with van der Waals surface area (Å²) in [6, 6.07) is 6.23. The van der Waals surface area contributed by atoms with Gasteiger partial charge in [-0.15, -0.1) is 0 Å². The van der Waals surface area contributed by atoms with Gasteiger partial charge in [0, 0.05) is 23.0 Å². The van der Waals surface area contributed by atoms with Gasteiger partial charge < -0.3 is 9.64 Å². The molecule has 0 spiro atoms. The van der Waals surface area contributed by atoms with Crippen LogP contribution in [0.5, 0.6) is 5.75 Å². The SMILES string of the molecule is COc1cnc(Cl)cc1-c1cc(C)ncc1C(=O)Nc1nc2c(s1)CN(C(=O)c1nc(C)c(C#N)cc1F)C2. The van der Waals surface area contributed by atoms with Crippen molar-refractivity contribution >= 4 is 39.9 Å². The van der Waals surface area contributed by atoms with E-state index in [1.54, 1.807) is 26.0 Å². The number of amides is 2. The molecule has 0 aliphatic carbocycles. The zero-order chi connectivity index (χ0) is 27.8. The van der Waals surface area contributed by atoms with Crippen LogP contribution in [0.3, 0.4) is 0 Å². The quantitative estimate of drug-likeness (QED) is 0.346. The maximum absolute atomic E-state index is 14.4. The van der Waals surface area contributed by atoms with Crippen LogP contribution in [0.1, 0.15) is 48.4 Å². The fourth-order valence-electron chi connectivity index (χ4n) is 4.15. The Morgan fingerprint density at radius 2 is 1.95 bits per heavy atom. The Balaban J connectivity index is 1.35. The van der Waals surface area contributed by atoms with Crippen LogP contribution in [0.4, 0.5) is 9.52 Å². The number of pyridine rings is 3. The Morgan fingerprint density at radius 3 is 2.67 bits per heavy atom. The minimum absolute atomic E-state index is 0.0732. The molecule has 2 amide bonds. The zero-order valence-corrected chi connectivity index (χ0v) is 22.4. The lowest BCUT2D eigenvalue weighted by Gasteiger charge is -2.16. The van der Waals surface area contributed by atoms with Crippen LogP contribution in [0.2, 0.25) is 5.15 Å². The van der Waals surface area contributed by atoms with E-state index in [4.69, 9.17) is 21.6 Å². The number of carbonyl (C=O) groups excluding carboxylic acids is 2. The highest BCUT2D eigenvalue weighted by molar-refractivity contribution is 7.16. The van der Waals surface area contributed by atoms with Gasteiger partial charge in [-0.2, -0.15) is 5.26 Å². The van der Waals surface area contributed by atoms with Crippen molar-refractivity contribution in [3.63, 3.8) is 0 Å². The summed E-state index contributed by atoms with van der Waals surface area (Å²) in [7, 11) is 1.50. The third kappa shape index (κ3) is 5.01. The number of halogens is 2. The van der Waals surface area contributed by atoms with Crippen LogP contribution in [0.15, 0.2) is 30.6 Å². The summed E-state index contributed by atoms with van der Waals surface area (Å²) in [6.07, 6.45) is 2.95. The van der Waals surface area contributed by atoms with Crippen molar-refractivity contribution in [1.82, 2.24) is 24.8 Å². The lowest BCUT2D eigenvalue weighted by molar-refractivity contribution is 0.0739. The predicted molar refractivity (Wildman–Crippen MR) is 141 cm³/mol. The molecule has 0 fully saturated rings. The highest BCUT2D eigenvalue weighted by Gasteiger charge is 2.31. The topological polar surface area (TPSA) is 134 Å². The van der Waals surface area contributed by atoms with E-state index in [9.17, 15) is 14.0 Å². The van der Waals surface area contributed by atoms with Gasteiger partial charge in [0.2, 0.25) is 0 Å². The molecule has 13 heteroatoms.